The summed E-state index contributed by atoms with van der Waals surface area (Å²) in [4.78, 5) is 13.3. The van der Waals surface area contributed by atoms with Crippen LogP contribution >= 0.6 is 0 Å². The van der Waals surface area contributed by atoms with Crippen LogP contribution in [0.25, 0.3) is 0 Å². The normalized spacial score (nSPS) is 25.0. The Morgan fingerprint density at radius 2 is 2.17 bits per heavy atom. The molecule has 2 atom stereocenters. The number of benzene rings is 1. The summed E-state index contributed by atoms with van der Waals surface area (Å²) in [5.41, 5.74) is 1.15. The highest BCUT2D eigenvalue weighted by Gasteiger charge is 2.27. The zero-order valence-electron chi connectivity index (χ0n) is 10.5. The maximum atomic E-state index is 11.1. The lowest BCUT2D eigenvalue weighted by molar-refractivity contribution is 0.0363. The van der Waals surface area contributed by atoms with Crippen molar-refractivity contribution in [2.75, 3.05) is 20.1 Å². The molecule has 0 amide bonds. The number of rotatable bonds is 3. The minimum absolute atomic E-state index is 0.115. The average molecular weight is 249 g/mol. The van der Waals surface area contributed by atoms with Gasteiger partial charge < -0.3 is 15.1 Å². The molecule has 0 bridgehead atoms. The summed E-state index contributed by atoms with van der Waals surface area (Å²) in [5.74, 6) is -0.784. The topological polar surface area (TPSA) is 60.8 Å². The summed E-state index contributed by atoms with van der Waals surface area (Å²) in [5, 5.41) is 19.1. The SMILES string of the molecule is CN1CCC(O)C(Cc2ccccc2C(=O)O)C1. The highest BCUT2D eigenvalue weighted by Crippen LogP contribution is 2.22. The number of likely N-dealkylation sites (tertiary alicyclic amines) is 1. The number of carboxylic acids is 1. The monoisotopic (exact) mass is 249 g/mol. The number of hydrogen-bond acceptors (Lipinski definition) is 3. The number of hydrogen-bond donors (Lipinski definition) is 2. The number of aliphatic hydroxyl groups excluding tert-OH is 1. The van der Waals surface area contributed by atoms with Crippen LogP contribution in [0.15, 0.2) is 24.3 Å². The lowest BCUT2D eigenvalue weighted by atomic mass is 9.87. The van der Waals surface area contributed by atoms with E-state index in [1.54, 1.807) is 12.1 Å². The molecule has 2 unspecified atom stereocenters. The molecule has 0 spiro atoms. The lowest BCUT2D eigenvalue weighted by Crippen LogP contribution is -2.42. The molecule has 4 heteroatoms. The van der Waals surface area contributed by atoms with E-state index in [0.717, 1.165) is 25.1 Å². The van der Waals surface area contributed by atoms with E-state index in [1.807, 2.05) is 19.2 Å². The molecule has 2 N–H and O–H groups in total. The minimum Gasteiger partial charge on any atom is -0.478 e. The molecule has 2 rings (SSSR count). The molecular weight excluding hydrogens is 230 g/mol. The van der Waals surface area contributed by atoms with Crippen molar-refractivity contribution < 1.29 is 15.0 Å². The highest BCUT2D eigenvalue weighted by molar-refractivity contribution is 5.89. The second kappa shape index (κ2) is 5.50. The van der Waals surface area contributed by atoms with Gasteiger partial charge in [-0.3, -0.25) is 0 Å². The van der Waals surface area contributed by atoms with Crippen LogP contribution in [0.3, 0.4) is 0 Å². The van der Waals surface area contributed by atoms with Gasteiger partial charge in [-0.25, -0.2) is 4.79 Å². The summed E-state index contributed by atoms with van der Waals surface area (Å²) in [7, 11) is 2.03. The first-order valence-electron chi connectivity index (χ1n) is 6.25. The Labute approximate surface area is 107 Å². The first kappa shape index (κ1) is 13.1. The van der Waals surface area contributed by atoms with Gasteiger partial charge in [-0.2, -0.15) is 0 Å². The molecule has 98 valence electrons. The van der Waals surface area contributed by atoms with Crippen molar-refractivity contribution in [2.24, 2.45) is 5.92 Å². The van der Waals surface area contributed by atoms with E-state index >= 15 is 0 Å². The Hall–Kier alpha value is -1.39. The summed E-state index contributed by atoms with van der Waals surface area (Å²) in [6.07, 6.45) is 1.05. The number of nitrogens with zero attached hydrogens (tertiary/aromatic N) is 1. The third-order valence-electron chi connectivity index (χ3n) is 3.63. The fraction of sp³-hybridized carbons (Fsp3) is 0.500. The van der Waals surface area contributed by atoms with E-state index in [2.05, 4.69) is 4.90 Å². The number of aromatic carboxylic acids is 1. The number of piperidine rings is 1. The Bertz CT molecular complexity index is 433. The first-order chi connectivity index (χ1) is 8.58. The Morgan fingerprint density at radius 3 is 2.89 bits per heavy atom. The number of carbonyl (C=O) groups is 1. The molecule has 1 aromatic rings. The van der Waals surface area contributed by atoms with Crippen molar-refractivity contribution >= 4 is 5.97 Å². The summed E-state index contributed by atoms with van der Waals surface area (Å²) >= 11 is 0. The fourth-order valence-corrected chi connectivity index (χ4v) is 2.59. The van der Waals surface area contributed by atoms with Gasteiger partial charge in [-0.1, -0.05) is 18.2 Å². The zero-order valence-corrected chi connectivity index (χ0v) is 10.5. The fourth-order valence-electron chi connectivity index (χ4n) is 2.59. The molecule has 0 saturated carbocycles. The molecule has 1 aliphatic rings. The van der Waals surface area contributed by atoms with Crippen LogP contribution in [0.4, 0.5) is 0 Å². The van der Waals surface area contributed by atoms with Gasteiger partial charge in [0.25, 0.3) is 0 Å². The molecule has 0 radical (unpaired) electrons. The maximum Gasteiger partial charge on any atom is 0.335 e. The van der Waals surface area contributed by atoms with Gasteiger partial charge in [0.05, 0.1) is 11.7 Å². The Morgan fingerprint density at radius 1 is 1.44 bits per heavy atom. The van der Waals surface area contributed by atoms with E-state index < -0.39 is 5.97 Å². The molecule has 18 heavy (non-hydrogen) atoms. The van der Waals surface area contributed by atoms with Gasteiger partial charge in [0.15, 0.2) is 0 Å². The van der Waals surface area contributed by atoms with E-state index in [1.165, 1.54) is 0 Å². The predicted octanol–water partition coefficient (Wildman–Crippen LogP) is 1.24. The molecule has 1 fully saturated rings. The third kappa shape index (κ3) is 2.89. The molecule has 1 aliphatic heterocycles. The van der Waals surface area contributed by atoms with Crippen LogP contribution in [-0.4, -0.2) is 47.3 Å². The Kier molecular flexibility index (Phi) is 3.99. The van der Waals surface area contributed by atoms with Gasteiger partial charge in [-0.05, 0) is 31.5 Å². The quantitative estimate of drug-likeness (QED) is 0.846. The Balaban J connectivity index is 2.15. The van der Waals surface area contributed by atoms with E-state index in [-0.39, 0.29) is 12.0 Å². The van der Waals surface area contributed by atoms with Crippen LogP contribution in [0.5, 0.6) is 0 Å². The van der Waals surface area contributed by atoms with Gasteiger partial charge >= 0.3 is 5.97 Å². The van der Waals surface area contributed by atoms with Crippen molar-refractivity contribution in [1.29, 1.82) is 0 Å². The first-order valence-corrected chi connectivity index (χ1v) is 6.25. The molecule has 1 aromatic carbocycles. The van der Waals surface area contributed by atoms with Crippen molar-refractivity contribution in [3.05, 3.63) is 35.4 Å². The van der Waals surface area contributed by atoms with Crippen molar-refractivity contribution in [2.45, 2.75) is 18.9 Å². The van der Waals surface area contributed by atoms with Gasteiger partial charge in [-0.15, -0.1) is 0 Å². The lowest BCUT2D eigenvalue weighted by Gasteiger charge is -2.34. The number of aliphatic hydroxyl groups is 1. The van der Waals surface area contributed by atoms with Crippen molar-refractivity contribution in [3.63, 3.8) is 0 Å². The van der Waals surface area contributed by atoms with E-state index in [9.17, 15) is 9.90 Å². The van der Waals surface area contributed by atoms with Gasteiger partial charge in [0, 0.05) is 19.0 Å². The summed E-state index contributed by atoms with van der Waals surface area (Å²) < 4.78 is 0. The molecule has 0 aromatic heterocycles. The standard InChI is InChI=1S/C14H19NO3/c1-15-7-6-13(16)11(9-15)8-10-4-2-3-5-12(10)14(17)18/h2-5,11,13,16H,6-9H2,1H3,(H,17,18). The van der Waals surface area contributed by atoms with Gasteiger partial charge in [0.1, 0.15) is 0 Å². The van der Waals surface area contributed by atoms with Crippen LogP contribution in [0.1, 0.15) is 22.3 Å². The second-order valence-corrected chi connectivity index (χ2v) is 5.04. The van der Waals surface area contributed by atoms with Gasteiger partial charge in [0.2, 0.25) is 0 Å². The predicted molar refractivity (Wildman–Crippen MR) is 68.7 cm³/mol. The maximum absolute atomic E-state index is 11.1. The van der Waals surface area contributed by atoms with Crippen molar-refractivity contribution in [3.8, 4) is 0 Å². The molecule has 0 aliphatic carbocycles. The average Bonchev–Trinajstić information content (AvgIpc) is 2.34. The molecule has 1 saturated heterocycles. The van der Waals surface area contributed by atoms with Crippen molar-refractivity contribution in [1.82, 2.24) is 4.90 Å². The van der Waals surface area contributed by atoms with Crippen LogP contribution in [0.2, 0.25) is 0 Å². The molecule has 4 nitrogen and oxygen atoms in total. The number of carboxylic acid groups (broad SMARTS) is 1. The third-order valence-corrected chi connectivity index (χ3v) is 3.63. The van der Waals surface area contributed by atoms with E-state index in [0.29, 0.717) is 12.0 Å². The summed E-state index contributed by atoms with van der Waals surface area (Å²) in [6, 6.07) is 7.04. The second-order valence-electron chi connectivity index (χ2n) is 5.04. The van der Waals surface area contributed by atoms with Crippen LogP contribution < -0.4 is 0 Å². The van der Waals surface area contributed by atoms with Crippen LogP contribution in [-0.2, 0) is 6.42 Å². The largest absolute Gasteiger partial charge is 0.478 e. The smallest absolute Gasteiger partial charge is 0.335 e. The van der Waals surface area contributed by atoms with Crippen LogP contribution in [0, 0.1) is 5.92 Å². The minimum atomic E-state index is -0.899. The van der Waals surface area contributed by atoms with E-state index in [4.69, 9.17) is 5.11 Å². The summed E-state index contributed by atoms with van der Waals surface area (Å²) in [6.45, 7) is 1.72. The zero-order chi connectivity index (χ0) is 13.1. The molecular formula is C14H19NO3. The molecule has 1 heterocycles. The highest BCUT2D eigenvalue weighted by atomic mass is 16.4.